The molecule has 1 aliphatic carbocycles. The zero-order valence-corrected chi connectivity index (χ0v) is 19.1. The van der Waals surface area contributed by atoms with E-state index in [1.807, 2.05) is 0 Å². The lowest BCUT2D eigenvalue weighted by Gasteiger charge is -2.39. The predicted octanol–water partition coefficient (Wildman–Crippen LogP) is 5.74. The van der Waals surface area contributed by atoms with Crippen molar-refractivity contribution in [2.45, 2.75) is 51.0 Å². The number of anilines is 1. The second-order valence-electron chi connectivity index (χ2n) is 9.77. The quantitative estimate of drug-likeness (QED) is 0.587. The Kier molecular flexibility index (Phi) is 5.34. The lowest BCUT2D eigenvalue weighted by atomic mass is 9.65. The topological polar surface area (TPSA) is 69.6 Å². The molecule has 3 atom stereocenters. The van der Waals surface area contributed by atoms with E-state index in [-0.39, 0.29) is 22.8 Å². The van der Waals surface area contributed by atoms with Crippen LogP contribution in [-0.2, 0) is 14.6 Å². The van der Waals surface area contributed by atoms with Gasteiger partial charge in [0.25, 0.3) is 5.91 Å². The Morgan fingerprint density at radius 3 is 2.37 bits per heavy atom. The van der Waals surface area contributed by atoms with Crippen LogP contribution in [0.4, 0.5) is 5.69 Å². The summed E-state index contributed by atoms with van der Waals surface area (Å²) in [7, 11) is -3.35. The van der Waals surface area contributed by atoms with E-state index in [1.54, 1.807) is 52.8 Å². The lowest BCUT2D eigenvalue weighted by molar-refractivity contribution is 0.102. The van der Waals surface area contributed by atoms with Gasteiger partial charge in [0.05, 0.1) is 12.6 Å². The Morgan fingerprint density at radius 1 is 1.10 bits per heavy atom. The van der Waals surface area contributed by atoms with Gasteiger partial charge in [0.2, 0.25) is 4.90 Å². The normalized spacial score (nSPS) is 27.4. The first-order valence-electron chi connectivity index (χ1n) is 10.2. The molecule has 0 spiro atoms. The predicted molar refractivity (Wildman–Crippen MR) is 121 cm³/mol. The van der Waals surface area contributed by atoms with Crippen LogP contribution in [0, 0.1) is 10.8 Å². The fourth-order valence-electron chi connectivity index (χ4n) is 5.35. The Balaban J connectivity index is 1.51. The van der Waals surface area contributed by atoms with E-state index in [0.717, 1.165) is 19.3 Å². The van der Waals surface area contributed by atoms with Gasteiger partial charge < -0.3 is 5.32 Å². The van der Waals surface area contributed by atoms with E-state index < -0.39 is 10.4 Å². The summed E-state index contributed by atoms with van der Waals surface area (Å²) in [5, 5.41) is 3.40. The number of nitrogens with zero attached hydrogens (tertiary/aromatic N) is 1. The van der Waals surface area contributed by atoms with Crippen molar-refractivity contribution < 1.29 is 13.6 Å². The summed E-state index contributed by atoms with van der Waals surface area (Å²) in [5.74, 6) is -0.278. The number of fused-ring (bicyclic) bond motifs is 2. The van der Waals surface area contributed by atoms with Gasteiger partial charge in [0.15, 0.2) is 0 Å². The molecule has 1 saturated carbocycles. The van der Waals surface area contributed by atoms with Crippen LogP contribution in [0.1, 0.15) is 50.4 Å². The minimum Gasteiger partial charge on any atom is -0.322 e. The van der Waals surface area contributed by atoms with Gasteiger partial charge in [0, 0.05) is 16.3 Å². The first kappa shape index (κ1) is 21.5. The van der Waals surface area contributed by atoms with Crippen molar-refractivity contribution >= 4 is 33.6 Å². The summed E-state index contributed by atoms with van der Waals surface area (Å²) in [6.07, 6.45) is 2.93. The number of rotatable bonds is 4. The molecule has 2 fully saturated rings. The highest BCUT2D eigenvalue weighted by molar-refractivity contribution is 7.95. The maximum Gasteiger partial charge on any atom is 0.325 e. The molecular formula is C23H28ClN2O3S+. The van der Waals surface area contributed by atoms with E-state index in [2.05, 4.69) is 26.1 Å². The Labute approximate surface area is 184 Å². The molecule has 2 N–H and O–H groups in total. The number of carbonyl (C=O) groups is 1. The molecule has 2 bridgehead atoms. The molecule has 3 unspecified atom stereocenters. The minimum atomic E-state index is -3.35. The summed E-state index contributed by atoms with van der Waals surface area (Å²) in [4.78, 5) is 12.8. The highest BCUT2D eigenvalue weighted by Gasteiger charge is 2.58. The Hall–Kier alpha value is -1.73. The van der Waals surface area contributed by atoms with Crippen LogP contribution in [-0.4, -0.2) is 27.4 Å². The standard InChI is InChI=1S/C23H27ClN2O3S/c1-22(2)12-19-13-23(3,14-22)15-26(19)30(28,29)20-10-4-16(5-11-20)21(27)25-18-8-6-17(24)7-9-18/h4-11,19H,12-15H2,1-3H3,(H-,25,27,28,29)/p+1. The maximum atomic E-state index is 13.5. The smallest absolute Gasteiger partial charge is 0.322 e. The van der Waals surface area contributed by atoms with Crippen LogP contribution in [0.15, 0.2) is 53.4 Å². The first-order chi connectivity index (χ1) is 14.0. The molecule has 1 aliphatic heterocycles. The minimum absolute atomic E-state index is 0.0657. The number of carbonyl (C=O) groups excluding carboxylic acids is 1. The van der Waals surface area contributed by atoms with Crippen LogP contribution in [0.3, 0.4) is 0 Å². The molecule has 1 saturated heterocycles. The molecule has 2 aromatic rings. The van der Waals surface area contributed by atoms with Crippen molar-refractivity contribution in [1.29, 1.82) is 0 Å². The zero-order chi connectivity index (χ0) is 21.7. The van der Waals surface area contributed by atoms with Gasteiger partial charge in [-0.15, -0.1) is 0 Å². The van der Waals surface area contributed by atoms with Crippen LogP contribution in [0.25, 0.3) is 0 Å². The van der Waals surface area contributed by atoms with Gasteiger partial charge >= 0.3 is 10.4 Å². The molecular weight excluding hydrogens is 420 g/mol. The van der Waals surface area contributed by atoms with Crippen LogP contribution in [0.5, 0.6) is 0 Å². The molecule has 30 heavy (non-hydrogen) atoms. The van der Waals surface area contributed by atoms with E-state index in [0.29, 0.717) is 27.7 Å². The SMILES string of the molecule is CC1(C)CC2CC(C)(CN2[S+](=O)(O)c2ccc(C(=O)Nc3ccc(Cl)cc3)cc2)C1. The molecule has 7 heteroatoms. The van der Waals surface area contributed by atoms with Crippen LogP contribution < -0.4 is 5.32 Å². The van der Waals surface area contributed by atoms with E-state index >= 15 is 0 Å². The van der Waals surface area contributed by atoms with Crippen LogP contribution >= 0.6 is 11.6 Å². The molecule has 0 aromatic heterocycles. The summed E-state index contributed by atoms with van der Waals surface area (Å²) in [5.41, 5.74) is 1.30. The van der Waals surface area contributed by atoms with E-state index in [4.69, 9.17) is 11.6 Å². The van der Waals surface area contributed by atoms with Crippen molar-refractivity contribution in [2.24, 2.45) is 10.8 Å². The molecule has 2 aliphatic rings. The van der Waals surface area contributed by atoms with Gasteiger partial charge in [-0.3, -0.25) is 4.79 Å². The van der Waals surface area contributed by atoms with Gasteiger partial charge in [-0.05, 0) is 82.8 Å². The fraction of sp³-hybridized carbons (Fsp3) is 0.435. The monoisotopic (exact) mass is 447 g/mol. The largest absolute Gasteiger partial charge is 0.325 e. The fourth-order valence-corrected chi connectivity index (χ4v) is 7.28. The van der Waals surface area contributed by atoms with Crippen molar-refractivity contribution in [1.82, 2.24) is 4.31 Å². The molecule has 0 radical (unpaired) electrons. The lowest BCUT2D eigenvalue weighted by Crippen LogP contribution is -2.41. The second-order valence-corrected chi connectivity index (χ2v) is 12.1. The van der Waals surface area contributed by atoms with Crippen molar-refractivity contribution in [2.75, 3.05) is 11.9 Å². The Morgan fingerprint density at radius 2 is 1.73 bits per heavy atom. The van der Waals surface area contributed by atoms with Gasteiger partial charge in [0.1, 0.15) is 0 Å². The number of hydrogen-bond acceptors (Lipinski definition) is 2. The summed E-state index contributed by atoms with van der Waals surface area (Å²) in [6, 6.07) is 13.3. The van der Waals surface area contributed by atoms with Crippen molar-refractivity contribution in [3.05, 3.63) is 59.1 Å². The second kappa shape index (κ2) is 7.45. The zero-order valence-electron chi connectivity index (χ0n) is 17.5. The Bertz CT molecular complexity index is 1010. The highest BCUT2D eigenvalue weighted by Crippen LogP contribution is 2.54. The van der Waals surface area contributed by atoms with Crippen molar-refractivity contribution in [3.8, 4) is 0 Å². The number of halogens is 1. The summed E-state index contributed by atoms with van der Waals surface area (Å²) < 4.78 is 26.3. The third-order valence-corrected chi connectivity index (χ3v) is 8.41. The van der Waals surface area contributed by atoms with Crippen LogP contribution in [0.2, 0.25) is 5.02 Å². The number of nitrogens with one attached hydrogen (secondary N) is 1. The average Bonchev–Trinajstić information content (AvgIpc) is 2.93. The number of benzene rings is 2. The van der Waals surface area contributed by atoms with Gasteiger partial charge in [-0.1, -0.05) is 36.7 Å². The molecule has 1 heterocycles. The number of amides is 1. The first-order valence-corrected chi connectivity index (χ1v) is 12.0. The molecule has 160 valence electrons. The number of hydrogen-bond donors (Lipinski definition) is 2. The average molecular weight is 448 g/mol. The summed E-state index contributed by atoms with van der Waals surface area (Å²) in [6.45, 7) is 7.33. The highest BCUT2D eigenvalue weighted by atomic mass is 35.5. The molecule has 4 rings (SSSR count). The third-order valence-electron chi connectivity index (χ3n) is 6.21. The van der Waals surface area contributed by atoms with Gasteiger partial charge in [-0.2, -0.15) is 4.55 Å². The van der Waals surface area contributed by atoms with E-state index in [9.17, 15) is 13.6 Å². The van der Waals surface area contributed by atoms with Gasteiger partial charge in [-0.25, -0.2) is 0 Å². The maximum absolute atomic E-state index is 13.5. The summed E-state index contributed by atoms with van der Waals surface area (Å²) >= 11 is 5.87. The van der Waals surface area contributed by atoms with E-state index in [1.165, 1.54) is 0 Å². The third kappa shape index (κ3) is 4.19. The molecule has 2 aromatic carbocycles. The molecule has 5 nitrogen and oxygen atoms in total. The molecule has 1 amide bonds. The van der Waals surface area contributed by atoms with Crippen molar-refractivity contribution in [3.63, 3.8) is 0 Å².